The Morgan fingerprint density at radius 2 is 1.71 bits per heavy atom. The lowest BCUT2D eigenvalue weighted by Gasteiger charge is -2.38. The Morgan fingerprint density at radius 1 is 1.19 bits per heavy atom. The number of carbonyl (C=O) groups excluding carboxylic acids is 1. The highest BCUT2D eigenvalue weighted by atomic mass is 16.2. The summed E-state index contributed by atoms with van der Waals surface area (Å²) < 4.78 is 0.940. The van der Waals surface area contributed by atoms with Gasteiger partial charge in [0.15, 0.2) is 6.04 Å². The number of likely N-dealkylation sites (N-methyl/N-ethyl adjacent to an activating group) is 1. The molecule has 0 aromatic heterocycles. The Morgan fingerprint density at radius 3 is 2.19 bits per heavy atom. The van der Waals surface area contributed by atoms with Gasteiger partial charge in [0.25, 0.3) is 5.91 Å². The first-order valence-electron chi connectivity index (χ1n) is 8.14. The second kappa shape index (κ2) is 6.18. The van der Waals surface area contributed by atoms with Crippen LogP contribution in [0.4, 0.5) is 5.69 Å². The zero-order valence-electron chi connectivity index (χ0n) is 14.1. The minimum atomic E-state index is 0.0256. The third-order valence-corrected chi connectivity index (χ3v) is 5.21. The summed E-state index contributed by atoms with van der Waals surface area (Å²) in [4.78, 5) is 12.7. The summed E-state index contributed by atoms with van der Waals surface area (Å²) in [6.07, 6.45) is 2.49. The van der Waals surface area contributed by atoms with Gasteiger partial charge in [0.05, 0.1) is 19.6 Å². The molecule has 0 aliphatic carbocycles. The third kappa shape index (κ3) is 3.13. The lowest BCUT2D eigenvalue weighted by molar-refractivity contribution is -0.928. The largest absolute Gasteiger partial charge is 0.320 e. The predicted molar refractivity (Wildman–Crippen MR) is 88.5 cm³/mol. The van der Waals surface area contributed by atoms with Crippen molar-refractivity contribution < 1.29 is 9.28 Å². The van der Waals surface area contributed by atoms with E-state index in [1.807, 2.05) is 0 Å². The van der Waals surface area contributed by atoms with Crippen molar-refractivity contribution >= 4 is 11.6 Å². The van der Waals surface area contributed by atoms with E-state index in [0.29, 0.717) is 0 Å². The molecule has 1 aromatic rings. The van der Waals surface area contributed by atoms with Gasteiger partial charge in [-0.3, -0.25) is 4.79 Å². The van der Waals surface area contributed by atoms with Crippen LogP contribution in [-0.4, -0.2) is 36.1 Å². The number of benzene rings is 1. The monoisotopic (exact) mass is 289 g/mol. The van der Waals surface area contributed by atoms with E-state index < -0.39 is 0 Å². The van der Waals surface area contributed by atoms with E-state index in [2.05, 4.69) is 52.1 Å². The summed E-state index contributed by atoms with van der Waals surface area (Å²) >= 11 is 0. The molecule has 116 valence electrons. The lowest BCUT2D eigenvalue weighted by Crippen LogP contribution is -2.56. The molecule has 1 saturated heterocycles. The first-order valence-corrected chi connectivity index (χ1v) is 8.14. The van der Waals surface area contributed by atoms with Gasteiger partial charge in [-0.15, -0.1) is 0 Å². The van der Waals surface area contributed by atoms with Crippen molar-refractivity contribution in [2.45, 2.75) is 53.5 Å². The van der Waals surface area contributed by atoms with Crippen LogP contribution in [0.1, 0.15) is 43.4 Å². The van der Waals surface area contributed by atoms with Gasteiger partial charge in [0.1, 0.15) is 0 Å². The number of aryl methyl sites for hydroxylation is 3. The molecule has 3 heteroatoms. The first-order chi connectivity index (χ1) is 9.89. The van der Waals surface area contributed by atoms with Crippen LogP contribution in [0.2, 0.25) is 0 Å². The van der Waals surface area contributed by atoms with Crippen molar-refractivity contribution in [1.29, 1.82) is 0 Å². The summed E-state index contributed by atoms with van der Waals surface area (Å²) in [5, 5.41) is 3.19. The summed E-state index contributed by atoms with van der Waals surface area (Å²) in [6, 6.07) is 4.29. The van der Waals surface area contributed by atoms with Gasteiger partial charge < -0.3 is 9.80 Å². The lowest BCUT2D eigenvalue weighted by atomic mass is 10.0. The fourth-order valence-corrected chi connectivity index (χ4v) is 3.80. The molecule has 1 N–H and O–H groups in total. The Balaban J connectivity index is 2.18. The molecular formula is C18H29N2O+. The van der Waals surface area contributed by atoms with Gasteiger partial charge in [-0.05, 0) is 45.7 Å². The maximum absolute atomic E-state index is 12.7. The molecule has 0 bridgehead atoms. The Hall–Kier alpha value is -1.35. The van der Waals surface area contributed by atoms with E-state index in [4.69, 9.17) is 0 Å². The Kier molecular flexibility index (Phi) is 4.72. The first kappa shape index (κ1) is 16.0. The summed E-state index contributed by atoms with van der Waals surface area (Å²) in [6.45, 7) is 13.8. The summed E-state index contributed by atoms with van der Waals surface area (Å²) in [7, 11) is 0. The molecule has 1 fully saturated rings. The van der Waals surface area contributed by atoms with Crippen molar-refractivity contribution in [2.24, 2.45) is 0 Å². The van der Waals surface area contributed by atoms with E-state index in [9.17, 15) is 4.79 Å². The number of hydrogen-bond donors (Lipinski definition) is 1. The molecule has 1 aliphatic heterocycles. The third-order valence-electron chi connectivity index (χ3n) is 5.21. The van der Waals surface area contributed by atoms with Gasteiger partial charge in [0.2, 0.25) is 0 Å². The topological polar surface area (TPSA) is 29.1 Å². The number of amides is 1. The normalized spacial score (nSPS) is 18.5. The van der Waals surface area contributed by atoms with Gasteiger partial charge in [0, 0.05) is 18.5 Å². The van der Waals surface area contributed by atoms with Gasteiger partial charge in [-0.1, -0.05) is 17.7 Å². The highest BCUT2D eigenvalue weighted by Crippen LogP contribution is 2.26. The van der Waals surface area contributed by atoms with Crippen LogP contribution >= 0.6 is 0 Å². The van der Waals surface area contributed by atoms with Crippen LogP contribution in [0.3, 0.4) is 0 Å². The van der Waals surface area contributed by atoms with Crippen molar-refractivity contribution in [3.8, 4) is 0 Å². The standard InChI is InChI=1S/C18H28N2O/c1-6-20(9-7-8-10-20)16(5)18(21)19-17-14(3)11-13(2)12-15(17)4/h11-12,16H,6-10H2,1-5H3/p+1. The molecule has 0 saturated carbocycles. The molecule has 1 heterocycles. The fourth-order valence-electron chi connectivity index (χ4n) is 3.80. The van der Waals surface area contributed by atoms with Gasteiger partial charge in [-0.25, -0.2) is 0 Å². The molecule has 1 amide bonds. The van der Waals surface area contributed by atoms with Gasteiger partial charge >= 0.3 is 0 Å². The Bertz CT molecular complexity index is 507. The zero-order valence-corrected chi connectivity index (χ0v) is 14.1. The molecule has 3 nitrogen and oxygen atoms in total. The minimum Gasteiger partial charge on any atom is -0.320 e. The smallest absolute Gasteiger partial charge is 0.282 e. The summed E-state index contributed by atoms with van der Waals surface area (Å²) in [5.74, 6) is 0.161. The number of hydrogen-bond acceptors (Lipinski definition) is 1. The van der Waals surface area contributed by atoms with Crippen LogP contribution in [0.25, 0.3) is 0 Å². The van der Waals surface area contributed by atoms with E-state index in [0.717, 1.165) is 40.9 Å². The number of likely N-dealkylation sites (tertiary alicyclic amines) is 1. The fraction of sp³-hybridized carbons (Fsp3) is 0.611. The van der Waals surface area contributed by atoms with E-state index in [1.165, 1.54) is 18.4 Å². The van der Waals surface area contributed by atoms with Crippen LogP contribution in [-0.2, 0) is 4.79 Å². The van der Waals surface area contributed by atoms with Crippen molar-refractivity contribution in [1.82, 2.24) is 0 Å². The van der Waals surface area contributed by atoms with Crippen LogP contribution < -0.4 is 5.32 Å². The van der Waals surface area contributed by atoms with Crippen LogP contribution in [0, 0.1) is 20.8 Å². The van der Waals surface area contributed by atoms with Gasteiger partial charge in [-0.2, -0.15) is 0 Å². The van der Waals surface area contributed by atoms with Crippen molar-refractivity contribution in [2.75, 3.05) is 25.0 Å². The predicted octanol–water partition coefficient (Wildman–Crippen LogP) is 3.57. The highest BCUT2D eigenvalue weighted by Gasteiger charge is 2.39. The van der Waals surface area contributed by atoms with Crippen molar-refractivity contribution in [3.05, 3.63) is 28.8 Å². The highest BCUT2D eigenvalue weighted by molar-refractivity contribution is 5.95. The molecule has 0 spiro atoms. The van der Waals surface area contributed by atoms with E-state index >= 15 is 0 Å². The van der Waals surface area contributed by atoms with Crippen LogP contribution in [0.15, 0.2) is 12.1 Å². The number of rotatable bonds is 4. The van der Waals surface area contributed by atoms with Crippen LogP contribution in [0.5, 0.6) is 0 Å². The second-order valence-corrected chi connectivity index (χ2v) is 6.63. The number of quaternary nitrogens is 1. The maximum Gasteiger partial charge on any atom is 0.282 e. The quantitative estimate of drug-likeness (QED) is 0.844. The number of nitrogens with zero attached hydrogens (tertiary/aromatic N) is 1. The zero-order chi connectivity index (χ0) is 15.6. The molecule has 1 aromatic carbocycles. The average molecular weight is 289 g/mol. The molecule has 1 atom stereocenters. The molecule has 1 aliphatic rings. The maximum atomic E-state index is 12.7. The van der Waals surface area contributed by atoms with Crippen molar-refractivity contribution in [3.63, 3.8) is 0 Å². The molecule has 21 heavy (non-hydrogen) atoms. The summed E-state index contributed by atoms with van der Waals surface area (Å²) in [5.41, 5.74) is 4.54. The SMILES string of the molecule is CC[N+]1(C(C)C(=O)Nc2c(C)cc(C)cc2C)CCCC1. The molecule has 1 unspecified atom stereocenters. The Labute approximate surface area is 128 Å². The number of carbonyl (C=O) groups is 1. The minimum absolute atomic E-state index is 0.0256. The molecular weight excluding hydrogens is 260 g/mol. The number of nitrogens with one attached hydrogen (secondary N) is 1. The molecule has 2 rings (SSSR count). The average Bonchev–Trinajstić information content (AvgIpc) is 2.91. The second-order valence-electron chi connectivity index (χ2n) is 6.63. The molecule has 0 radical (unpaired) electrons. The van der Waals surface area contributed by atoms with E-state index in [1.54, 1.807) is 0 Å². The number of anilines is 1. The van der Waals surface area contributed by atoms with E-state index in [-0.39, 0.29) is 11.9 Å².